The maximum Gasteiger partial charge on any atom is 0.259 e. The molecule has 2 aromatic heterocycles. The topological polar surface area (TPSA) is 106 Å². The predicted molar refractivity (Wildman–Crippen MR) is 140 cm³/mol. The van der Waals surface area contributed by atoms with Crippen molar-refractivity contribution in [3.63, 3.8) is 0 Å². The number of benzene rings is 2. The van der Waals surface area contributed by atoms with Gasteiger partial charge < -0.3 is 16.0 Å². The van der Waals surface area contributed by atoms with Crippen molar-refractivity contribution in [1.82, 2.24) is 14.8 Å². The normalized spacial score (nSPS) is 15.5. The Morgan fingerprint density at radius 1 is 1.06 bits per heavy atom. The summed E-state index contributed by atoms with van der Waals surface area (Å²) < 4.78 is 1.72. The van der Waals surface area contributed by atoms with Crippen molar-refractivity contribution >= 4 is 23.3 Å². The summed E-state index contributed by atoms with van der Waals surface area (Å²) in [6, 6.07) is 21.3. The SMILES string of the molecule is Cc1cccc(-c2nn(-c3ccccc3)cc2C(=O)Nc2ccc(N3CCCC(C(N)=O)C3)nc2)c1. The average Bonchev–Trinajstić information content (AvgIpc) is 3.36. The number of nitrogens with zero attached hydrogens (tertiary/aromatic N) is 4. The number of amides is 2. The molecule has 0 aliphatic carbocycles. The first kappa shape index (κ1) is 23.3. The number of aryl methyl sites for hydroxylation is 1. The highest BCUT2D eigenvalue weighted by Crippen LogP contribution is 2.26. The van der Waals surface area contributed by atoms with E-state index in [-0.39, 0.29) is 17.7 Å². The van der Waals surface area contributed by atoms with Crippen LogP contribution in [-0.4, -0.2) is 39.7 Å². The fraction of sp³-hybridized carbons (Fsp3) is 0.214. The Morgan fingerprint density at radius 2 is 1.89 bits per heavy atom. The minimum Gasteiger partial charge on any atom is -0.369 e. The van der Waals surface area contributed by atoms with Gasteiger partial charge >= 0.3 is 0 Å². The van der Waals surface area contributed by atoms with Gasteiger partial charge in [0.2, 0.25) is 5.91 Å². The first-order chi connectivity index (χ1) is 17.5. The Morgan fingerprint density at radius 3 is 2.61 bits per heavy atom. The average molecular weight is 481 g/mol. The van der Waals surface area contributed by atoms with Gasteiger partial charge in [0.15, 0.2) is 0 Å². The molecule has 1 fully saturated rings. The molecular formula is C28H28N6O2. The van der Waals surface area contributed by atoms with Crippen LogP contribution in [0, 0.1) is 12.8 Å². The Hall–Kier alpha value is -4.46. The maximum atomic E-state index is 13.4. The number of primary amides is 1. The first-order valence-electron chi connectivity index (χ1n) is 12.0. The van der Waals surface area contributed by atoms with Crippen LogP contribution in [0.15, 0.2) is 79.1 Å². The van der Waals surface area contributed by atoms with Crippen molar-refractivity contribution in [2.24, 2.45) is 11.7 Å². The number of aromatic nitrogens is 3. The van der Waals surface area contributed by atoms with Gasteiger partial charge in [0, 0.05) is 24.8 Å². The summed E-state index contributed by atoms with van der Waals surface area (Å²) in [7, 11) is 0. The number of para-hydroxylation sites is 1. The maximum absolute atomic E-state index is 13.4. The highest BCUT2D eigenvalue weighted by atomic mass is 16.2. The molecule has 1 unspecified atom stereocenters. The third-order valence-electron chi connectivity index (χ3n) is 6.42. The highest BCUT2D eigenvalue weighted by molar-refractivity contribution is 6.08. The lowest BCUT2D eigenvalue weighted by molar-refractivity contribution is -0.122. The summed E-state index contributed by atoms with van der Waals surface area (Å²) in [4.78, 5) is 31.6. The van der Waals surface area contributed by atoms with Crippen LogP contribution in [-0.2, 0) is 4.79 Å². The molecule has 3 N–H and O–H groups in total. The molecule has 2 aromatic carbocycles. The molecule has 1 atom stereocenters. The zero-order valence-corrected chi connectivity index (χ0v) is 20.1. The molecule has 1 aliphatic heterocycles. The van der Waals surface area contributed by atoms with E-state index in [0.29, 0.717) is 23.5 Å². The minimum atomic E-state index is -0.274. The first-order valence-corrected chi connectivity index (χ1v) is 12.0. The van der Waals surface area contributed by atoms with Gasteiger partial charge in [-0.05, 0) is 50.1 Å². The zero-order chi connectivity index (χ0) is 25.1. The lowest BCUT2D eigenvalue weighted by atomic mass is 9.97. The van der Waals surface area contributed by atoms with Crippen molar-refractivity contribution in [2.75, 3.05) is 23.3 Å². The number of hydrogen-bond acceptors (Lipinski definition) is 5. The van der Waals surface area contributed by atoms with Crippen LogP contribution >= 0.6 is 0 Å². The van der Waals surface area contributed by atoms with Crippen molar-refractivity contribution in [1.29, 1.82) is 0 Å². The number of nitrogens with two attached hydrogens (primary N) is 1. The van der Waals surface area contributed by atoms with E-state index in [1.165, 1.54) is 0 Å². The Bertz CT molecular complexity index is 1380. The van der Waals surface area contributed by atoms with Crippen molar-refractivity contribution in [3.05, 3.63) is 90.3 Å². The summed E-state index contributed by atoms with van der Waals surface area (Å²) in [6.45, 7) is 3.40. The molecule has 1 aliphatic rings. The van der Waals surface area contributed by atoms with Gasteiger partial charge in [0.05, 0.1) is 29.1 Å². The molecule has 3 heterocycles. The smallest absolute Gasteiger partial charge is 0.259 e. The zero-order valence-electron chi connectivity index (χ0n) is 20.1. The highest BCUT2D eigenvalue weighted by Gasteiger charge is 2.25. The fourth-order valence-corrected chi connectivity index (χ4v) is 4.52. The number of nitrogens with one attached hydrogen (secondary N) is 1. The molecule has 1 saturated heterocycles. The van der Waals surface area contributed by atoms with E-state index in [1.807, 2.05) is 73.7 Å². The summed E-state index contributed by atoms with van der Waals surface area (Å²) in [5.74, 6) is 0.0523. The molecule has 4 aromatic rings. The second-order valence-corrected chi connectivity index (χ2v) is 9.09. The van der Waals surface area contributed by atoms with Gasteiger partial charge in [-0.25, -0.2) is 9.67 Å². The van der Waals surface area contributed by atoms with E-state index in [2.05, 4.69) is 15.2 Å². The number of carbonyl (C=O) groups excluding carboxylic acids is 2. The number of anilines is 2. The Kier molecular flexibility index (Phi) is 6.49. The van der Waals surface area contributed by atoms with Crippen LogP contribution in [0.5, 0.6) is 0 Å². The Labute approximate surface area is 209 Å². The van der Waals surface area contributed by atoms with Crippen LogP contribution in [0.4, 0.5) is 11.5 Å². The van der Waals surface area contributed by atoms with E-state index < -0.39 is 0 Å². The van der Waals surface area contributed by atoms with E-state index in [4.69, 9.17) is 10.8 Å². The molecule has 0 saturated carbocycles. The monoisotopic (exact) mass is 480 g/mol. The van der Waals surface area contributed by atoms with Crippen LogP contribution in [0.3, 0.4) is 0 Å². The number of carbonyl (C=O) groups is 2. The van der Waals surface area contributed by atoms with Gasteiger partial charge in [-0.1, -0.05) is 42.0 Å². The third kappa shape index (κ3) is 4.98. The van der Waals surface area contributed by atoms with Crippen molar-refractivity contribution in [3.8, 4) is 16.9 Å². The van der Waals surface area contributed by atoms with Gasteiger partial charge in [-0.2, -0.15) is 5.10 Å². The van der Waals surface area contributed by atoms with Gasteiger partial charge in [-0.15, -0.1) is 0 Å². The van der Waals surface area contributed by atoms with E-state index in [0.717, 1.165) is 42.0 Å². The molecule has 0 radical (unpaired) electrons. The second kappa shape index (κ2) is 10.0. The van der Waals surface area contributed by atoms with Crippen LogP contribution in [0.25, 0.3) is 16.9 Å². The molecule has 182 valence electrons. The standard InChI is InChI=1S/C28H28N6O2/c1-19-7-5-8-20(15-19)26-24(18-34(32-26)23-10-3-2-4-11-23)28(36)31-22-12-13-25(30-16-22)33-14-6-9-21(17-33)27(29)35/h2-5,7-8,10-13,15-16,18,21H,6,9,14,17H2,1H3,(H2,29,35)(H,31,36). The summed E-state index contributed by atoms with van der Waals surface area (Å²) >= 11 is 0. The summed E-state index contributed by atoms with van der Waals surface area (Å²) in [6.07, 6.45) is 5.08. The van der Waals surface area contributed by atoms with Gasteiger partial charge in [0.25, 0.3) is 5.91 Å². The summed E-state index contributed by atoms with van der Waals surface area (Å²) in [5.41, 5.74) is 9.98. The number of hydrogen-bond donors (Lipinski definition) is 2. The third-order valence-corrected chi connectivity index (χ3v) is 6.42. The Balaban J connectivity index is 1.39. The van der Waals surface area contributed by atoms with E-state index in [9.17, 15) is 9.59 Å². The molecule has 8 nitrogen and oxygen atoms in total. The van der Waals surface area contributed by atoms with Crippen molar-refractivity contribution < 1.29 is 9.59 Å². The largest absolute Gasteiger partial charge is 0.369 e. The van der Waals surface area contributed by atoms with Gasteiger partial charge in [-0.3, -0.25) is 9.59 Å². The van der Waals surface area contributed by atoms with E-state index in [1.54, 1.807) is 17.1 Å². The number of rotatable bonds is 6. The van der Waals surface area contributed by atoms with Gasteiger partial charge in [0.1, 0.15) is 11.5 Å². The molecule has 8 heteroatoms. The minimum absolute atomic E-state index is 0.166. The van der Waals surface area contributed by atoms with Crippen LogP contribution in [0.1, 0.15) is 28.8 Å². The lowest BCUT2D eigenvalue weighted by Gasteiger charge is -2.32. The summed E-state index contributed by atoms with van der Waals surface area (Å²) in [5, 5.41) is 7.70. The van der Waals surface area contributed by atoms with Crippen LogP contribution in [0.2, 0.25) is 0 Å². The lowest BCUT2D eigenvalue weighted by Crippen LogP contribution is -2.41. The van der Waals surface area contributed by atoms with E-state index >= 15 is 0 Å². The van der Waals surface area contributed by atoms with Crippen LogP contribution < -0.4 is 16.0 Å². The molecule has 36 heavy (non-hydrogen) atoms. The molecule has 5 rings (SSSR count). The quantitative estimate of drug-likeness (QED) is 0.430. The number of piperidine rings is 1. The predicted octanol–water partition coefficient (Wildman–Crippen LogP) is 4.20. The number of pyridine rings is 1. The molecular weight excluding hydrogens is 452 g/mol. The molecule has 0 spiro atoms. The van der Waals surface area contributed by atoms with Crippen molar-refractivity contribution in [2.45, 2.75) is 19.8 Å². The molecule has 0 bridgehead atoms. The second-order valence-electron chi connectivity index (χ2n) is 9.09. The molecule has 2 amide bonds. The fourth-order valence-electron chi connectivity index (χ4n) is 4.52.